The zero-order valence-electron chi connectivity index (χ0n) is 8.52. The van der Waals surface area contributed by atoms with Crippen LogP contribution in [0.5, 0.6) is 0 Å². The van der Waals surface area contributed by atoms with Crippen molar-refractivity contribution in [3.63, 3.8) is 0 Å². The number of carbonyl (C=O) groups is 1. The van der Waals surface area contributed by atoms with Crippen molar-refractivity contribution in [1.29, 1.82) is 0 Å². The Hall–Kier alpha value is -0.500. The topological polar surface area (TPSA) is 29.1 Å². The van der Waals surface area contributed by atoms with Gasteiger partial charge in [-0.2, -0.15) is 0 Å². The third-order valence-electron chi connectivity index (χ3n) is 2.68. The van der Waals surface area contributed by atoms with Crippen LogP contribution in [0.1, 0.15) is 38.5 Å². The maximum atomic E-state index is 11.4. The van der Waals surface area contributed by atoms with Crippen LogP contribution in [-0.2, 0) is 4.79 Å². The largest absolute Gasteiger partial charge is 0.351 e. The Labute approximate surface area is 90.7 Å². The van der Waals surface area contributed by atoms with Crippen molar-refractivity contribution < 1.29 is 4.79 Å². The van der Waals surface area contributed by atoms with Gasteiger partial charge in [0.2, 0.25) is 5.91 Å². The molecule has 1 aliphatic rings. The average Bonchev–Trinajstić information content (AvgIpc) is 2.16. The Bertz CT molecular complexity index is 209. The molecule has 0 radical (unpaired) electrons. The molecule has 0 bridgehead atoms. The molecule has 3 heteroatoms. The van der Waals surface area contributed by atoms with Crippen LogP contribution >= 0.6 is 11.6 Å². The number of rotatable bonds is 4. The summed E-state index contributed by atoms with van der Waals surface area (Å²) in [6.45, 7) is 3.92. The Morgan fingerprint density at radius 3 is 2.57 bits per heavy atom. The van der Waals surface area contributed by atoms with Crippen LogP contribution in [0.15, 0.2) is 11.6 Å². The van der Waals surface area contributed by atoms with Crippen LogP contribution < -0.4 is 5.32 Å². The molecule has 1 N–H and O–H groups in total. The van der Waals surface area contributed by atoms with Crippen molar-refractivity contribution in [2.24, 2.45) is 5.92 Å². The van der Waals surface area contributed by atoms with Gasteiger partial charge in [0.15, 0.2) is 0 Å². The van der Waals surface area contributed by atoms with Gasteiger partial charge in [0, 0.05) is 11.5 Å². The van der Waals surface area contributed by atoms with Gasteiger partial charge >= 0.3 is 0 Å². The summed E-state index contributed by atoms with van der Waals surface area (Å²) in [5.74, 6) is 0.700. The first kappa shape index (κ1) is 11.6. The monoisotopic (exact) mass is 215 g/mol. The van der Waals surface area contributed by atoms with Gasteiger partial charge in [-0.05, 0) is 18.8 Å². The number of carbonyl (C=O) groups excluding carboxylic acids is 1. The van der Waals surface area contributed by atoms with Crippen molar-refractivity contribution in [3.05, 3.63) is 11.6 Å². The van der Waals surface area contributed by atoms with E-state index in [1.807, 2.05) is 0 Å². The van der Waals surface area contributed by atoms with E-state index in [-0.39, 0.29) is 5.91 Å². The highest BCUT2D eigenvalue weighted by molar-refractivity contribution is 6.29. The Balaban J connectivity index is 2.15. The van der Waals surface area contributed by atoms with Gasteiger partial charge in [-0.15, -0.1) is 0 Å². The summed E-state index contributed by atoms with van der Waals surface area (Å²) in [7, 11) is 0. The molecular weight excluding hydrogens is 198 g/mol. The fraction of sp³-hybridized carbons (Fsp3) is 0.727. The Morgan fingerprint density at radius 2 is 2.00 bits per heavy atom. The molecule has 0 aromatic heterocycles. The van der Waals surface area contributed by atoms with Gasteiger partial charge < -0.3 is 5.32 Å². The molecule has 1 aliphatic carbocycles. The summed E-state index contributed by atoms with van der Waals surface area (Å²) in [6, 6.07) is 0. The number of amides is 1. The molecule has 0 saturated heterocycles. The highest BCUT2D eigenvalue weighted by Gasteiger charge is 2.16. The lowest BCUT2D eigenvalue weighted by atomic mass is 9.87. The molecule has 2 nitrogen and oxygen atoms in total. The SMILES string of the molecule is C=C(Cl)CNC(=O)CC1CCCCC1. The first-order chi connectivity index (χ1) is 6.68. The second-order valence-corrected chi connectivity index (χ2v) is 4.54. The van der Waals surface area contributed by atoms with E-state index in [2.05, 4.69) is 11.9 Å². The fourth-order valence-corrected chi connectivity index (χ4v) is 1.99. The molecule has 1 fully saturated rings. The van der Waals surface area contributed by atoms with Crippen LogP contribution in [0.2, 0.25) is 0 Å². The van der Waals surface area contributed by atoms with Crippen molar-refractivity contribution in [3.8, 4) is 0 Å². The van der Waals surface area contributed by atoms with E-state index < -0.39 is 0 Å². The minimum Gasteiger partial charge on any atom is -0.351 e. The van der Waals surface area contributed by atoms with Crippen molar-refractivity contribution in [1.82, 2.24) is 5.32 Å². The third-order valence-corrected chi connectivity index (χ3v) is 2.81. The summed E-state index contributed by atoms with van der Waals surface area (Å²) >= 11 is 5.56. The molecule has 0 unspecified atom stereocenters. The predicted molar refractivity (Wildman–Crippen MR) is 59.2 cm³/mol. The average molecular weight is 216 g/mol. The fourth-order valence-electron chi connectivity index (χ4n) is 1.92. The lowest BCUT2D eigenvalue weighted by Crippen LogP contribution is -2.27. The summed E-state index contributed by atoms with van der Waals surface area (Å²) in [4.78, 5) is 11.4. The second-order valence-electron chi connectivity index (χ2n) is 4.00. The smallest absolute Gasteiger partial charge is 0.220 e. The maximum Gasteiger partial charge on any atom is 0.220 e. The van der Waals surface area contributed by atoms with Gasteiger partial charge in [-0.3, -0.25) is 4.79 Å². The van der Waals surface area contributed by atoms with Crippen molar-refractivity contribution in [2.45, 2.75) is 38.5 Å². The molecule has 0 aliphatic heterocycles. The van der Waals surface area contributed by atoms with E-state index in [9.17, 15) is 4.79 Å². The highest BCUT2D eigenvalue weighted by atomic mass is 35.5. The van der Waals surface area contributed by atoms with Gasteiger partial charge in [0.05, 0.1) is 6.54 Å². The molecule has 80 valence electrons. The third kappa shape index (κ3) is 4.66. The van der Waals surface area contributed by atoms with E-state index in [1.54, 1.807) is 0 Å². The summed E-state index contributed by atoms with van der Waals surface area (Å²) in [6.07, 6.45) is 6.95. The predicted octanol–water partition coefficient (Wildman–Crippen LogP) is 2.83. The van der Waals surface area contributed by atoms with Gasteiger partial charge in [0.25, 0.3) is 0 Å². The standard InChI is InChI=1S/C11H18ClNO/c1-9(12)8-13-11(14)7-10-5-3-2-4-6-10/h10H,1-8H2,(H,13,14). The van der Waals surface area contributed by atoms with Crippen LogP contribution in [0.25, 0.3) is 0 Å². The van der Waals surface area contributed by atoms with Crippen molar-refractivity contribution in [2.75, 3.05) is 6.54 Å². The minimum atomic E-state index is 0.110. The van der Waals surface area contributed by atoms with E-state index in [1.165, 1.54) is 32.1 Å². The molecule has 0 atom stereocenters. The maximum absolute atomic E-state index is 11.4. The van der Waals surface area contributed by atoms with Gasteiger partial charge in [-0.1, -0.05) is 37.4 Å². The van der Waals surface area contributed by atoms with Crippen LogP contribution in [0.4, 0.5) is 0 Å². The molecule has 0 heterocycles. The lowest BCUT2D eigenvalue weighted by Gasteiger charge is -2.20. The number of hydrogen-bond acceptors (Lipinski definition) is 1. The van der Waals surface area contributed by atoms with E-state index in [0.717, 1.165) is 0 Å². The second kappa shape index (κ2) is 6.07. The zero-order chi connectivity index (χ0) is 10.4. The number of hydrogen-bond donors (Lipinski definition) is 1. The van der Waals surface area contributed by atoms with E-state index >= 15 is 0 Å². The van der Waals surface area contributed by atoms with E-state index in [0.29, 0.717) is 23.9 Å². The highest BCUT2D eigenvalue weighted by Crippen LogP contribution is 2.25. The quantitative estimate of drug-likeness (QED) is 0.768. The molecule has 0 aromatic rings. The number of halogens is 1. The number of nitrogens with one attached hydrogen (secondary N) is 1. The first-order valence-corrected chi connectivity index (χ1v) is 5.66. The normalized spacial score (nSPS) is 17.8. The molecule has 1 saturated carbocycles. The molecule has 0 aromatic carbocycles. The summed E-state index contributed by atoms with van der Waals surface area (Å²) < 4.78 is 0. The van der Waals surface area contributed by atoms with Crippen LogP contribution in [0, 0.1) is 5.92 Å². The molecular formula is C11H18ClNO. The van der Waals surface area contributed by atoms with Gasteiger partial charge in [-0.25, -0.2) is 0 Å². The summed E-state index contributed by atoms with van der Waals surface area (Å²) in [5, 5.41) is 3.25. The first-order valence-electron chi connectivity index (χ1n) is 5.28. The van der Waals surface area contributed by atoms with Crippen LogP contribution in [-0.4, -0.2) is 12.5 Å². The lowest BCUT2D eigenvalue weighted by molar-refractivity contribution is -0.122. The molecule has 0 spiro atoms. The Morgan fingerprint density at radius 1 is 1.36 bits per heavy atom. The molecule has 14 heavy (non-hydrogen) atoms. The zero-order valence-corrected chi connectivity index (χ0v) is 9.28. The van der Waals surface area contributed by atoms with E-state index in [4.69, 9.17) is 11.6 Å². The molecule has 1 amide bonds. The van der Waals surface area contributed by atoms with Gasteiger partial charge in [0.1, 0.15) is 0 Å². The molecule has 1 rings (SSSR count). The Kier molecular flexibility index (Phi) is 5.02. The van der Waals surface area contributed by atoms with Crippen LogP contribution in [0.3, 0.4) is 0 Å². The van der Waals surface area contributed by atoms with Crippen molar-refractivity contribution >= 4 is 17.5 Å². The summed E-state index contributed by atoms with van der Waals surface area (Å²) in [5.41, 5.74) is 0. The minimum absolute atomic E-state index is 0.110.